The molecule has 1 N–H and O–H groups in total. The maximum Gasteiger partial charge on any atom is 0.309 e. The summed E-state index contributed by atoms with van der Waals surface area (Å²) >= 11 is 0. The van der Waals surface area contributed by atoms with Crippen LogP contribution in [0.3, 0.4) is 0 Å². The Bertz CT molecular complexity index is 325. The molecule has 1 fully saturated rings. The van der Waals surface area contributed by atoms with Gasteiger partial charge in [0.1, 0.15) is 0 Å². The molecule has 1 saturated carbocycles. The van der Waals surface area contributed by atoms with Gasteiger partial charge >= 0.3 is 5.97 Å². The number of hydrogen-bond acceptors (Lipinski definition) is 2. The molecule has 0 bridgehead atoms. The van der Waals surface area contributed by atoms with Crippen molar-refractivity contribution >= 4 is 11.9 Å². The third-order valence-corrected chi connectivity index (χ3v) is 4.13. The van der Waals surface area contributed by atoms with Crippen molar-refractivity contribution < 1.29 is 14.7 Å². The van der Waals surface area contributed by atoms with Gasteiger partial charge in [-0.1, -0.05) is 19.8 Å². The van der Waals surface area contributed by atoms with E-state index in [4.69, 9.17) is 5.11 Å². The van der Waals surface area contributed by atoms with Crippen molar-refractivity contribution in [1.82, 2.24) is 4.90 Å². The molecule has 0 aliphatic heterocycles. The lowest BCUT2D eigenvalue weighted by Crippen LogP contribution is -2.44. The van der Waals surface area contributed by atoms with Crippen molar-refractivity contribution in [2.45, 2.75) is 58.9 Å². The lowest BCUT2D eigenvalue weighted by molar-refractivity contribution is -0.152. The predicted octanol–water partition coefficient (Wildman–Crippen LogP) is 2.52. The van der Waals surface area contributed by atoms with E-state index >= 15 is 0 Å². The van der Waals surface area contributed by atoms with Gasteiger partial charge in [-0.05, 0) is 32.6 Å². The minimum atomic E-state index is -0.983. The number of carbonyl (C=O) groups is 2. The van der Waals surface area contributed by atoms with Crippen LogP contribution in [-0.4, -0.2) is 35.0 Å². The lowest BCUT2D eigenvalue weighted by atomic mass is 9.84. The minimum absolute atomic E-state index is 0.0545. The Hall–Kier alpha value is -1.06. The molecule has 2 unspecified atom stereocenters. The minimum Gasteiger partial charge on any atom is -0.481 e. The Balaban J connectivity index is 2.63. The first kappa shape index (κ1) is 15.0. The Kier molecular flexibility index (Phi) is 4.77. The van der Waals surface area contributed by atoms with Crippen LogP contribution >= 0.6 is 0 Å². The van der Waals surface area contributed by atoms with Gasteiger partial charge < -0.3 is 10.0 Å². The summed E-state index contributed by atoms with van der Waals surface area (Å²) in [7, 11) is 1.81. The van der Waals surface area contributed by atoms with Crippen LogP contribution < -0.4 is 0 Å². The number of hydrogen-bond donors (Lipinski definition) is 1. The molecular formula is C14H25NO3. The molecule has 0 saturated heterocycles. The summed E-state index contributed by atoms with van der Waals surface area (Å²) in [5.74, 6) is -0.456. The quantitative estimate of drug-likeness (QED) is 0.839. The van der Waals surface area contributed by atoms with Crippen LogP contribution in [0.5, 0.6) is 0 Å². The monoisotopic (exact) mass is 255 g/mol. The Labute approximate surface area is 109 Å². The van der Waals surface area contributed by atoms with Gasteiger partial charge in [0.25, 0.3) is 0 Å². The maximum absolute atomic E-state index is 12.2. The number of carboxylic acid groups (broad SMARTS) is 1. The summed E-state index contributed by atoms with van der Waals surface area (Å²) in [6, 6.07) is 0.274. The first-order chi connectivity index (χ1) is 8.25. The number of carbonyl (C=O) groups excluding carboxylic acids is 1. The average molecular weight is 255 g/mol. The number of carboxylic acids is 1. The molecule has 1 aliphatic rings. The van der Waals surface area contributed by atoms with Gasteiger partial charge in [0, 0.05) is 19.5 Å². The second-order valence-electron chi connectivity index (χ2n) is 6.20. The normalized spacial score (nSPS) is 24.7. The largest absolute Gasteiger partial charge is 0.481 e. The molecule has 4 heteroatoms. The van der Waals surface area contributed by atoms with Gasteiger partial charge in [-0.15, -0.1) is 0 Å². The van der Waals surface area contributed by atoms with Gasteiger partial charge in [0.05, 0.1) is 5.41 Å². The van der Waals surface area contributed by atoms with E-state index in [1.807, 2.05) is 7.05 Å². The molecule has 2 atom stereocenters. The Morgan fingerprint density at radius 3 is 2.33 bits per heavy atom. The Morgan fingerprint density at radius 1 is 1.28 bits per heavy atom. The molecule has 0 aromatic rings. The van der Waals surface area contributed by atoms with Crippen molar-refractivity contribution in [3.63, 3.8) is 0 Å². The fraction of sp³-hybridized carbons (Fsp3) is 0.857. The van der Waals surface area contributed by atoms with Crippen molar-refractivity contribution in [1.29, 1.82) is 0 Å². The average Bonchev–Trinajstić information content (AvgIpc) is 2.28. The van der Waals surface area contributed by atoms with Crippen LogP contribution in [0.2, 0.25) is 0 Å². The molecule has 1 amide bonds. The highest BCUT2D eigenvalue weighted by Crippen LogP contribution is 2.29. The van der Waals surface area contributed by atoms with Gasteiger partial charge in [0.2, 0.25) is 5.91 Å². The SMILES string of the molecule is CC1CCCCC1N(C)C(=O)CC(C)(C)C(=O)O. The van der Waals surface area contributed by atoms with Crippen LogP contribution in [0, 0.1) is 11.3 Å². The van der Waals surface area contributed by atoms with Crippen molar-refractivity contribution in [3.05, 3.63) is 0 Å². The summed E-state index contributed by atoms with van der Waals surface area (Å²) in [4.78, 5) is 25.0. The smallest absolute Gasteiger partial charge is 0.309 e. The predicted molar refractivity (Wildman–Crippen MR) is 70.2 cm³/mol. The first-order valence-corrected chi connectivity index (χ1v) is 6.75. The second kappa shape index (κ2) is 5.72. The number of amides is 1. The van der Waals surface area contributed by atoms with Gasteiger partial charge in [-0.2, -0.15) is 0 Å². The molecule has 1 rings (SSSR count). The van der Waals surface area contributed by atoms with Crippen LogP contribution in [0.15, 0.2) is 0 Å². The first-order valence-electron chi connectivity index (χ1n) is 6.75. The van der Waals surface area contributed by atoms with Crippen LogP contribution in [0.25, 0.3) is 0 Å². The third kappa shape index (κ3) is 3.47. The topological polar surface area (TPSA) is 57.6 Å². The highest BCUT2D eigenvalue weighted by molar-refractivity contribution is 5.84. The second-order valence-corrected chi connectivity index (χ2v) is 6.20. The van der Waals surface area contributed by atoms with E-state index < -0.39 is 11.4 Å². The van der Waals surface area contributed by atoms with Crippen LogP contribution in [0.1, 0.15) is 52.9 Å². The zero-order valence-electron chi connectivity index (χ0n) is 11.9. The fourth-order valence-corrected chi connectivity index (χ4v) is 2.64. The van der Waals surface area contributed by atoms with Crippen molar-refractivity contribution in [2.24, 2.45) is 11.3 Å². The highest BCUT2D eigenvalue weighted by atomic mass is 16.4. The third-order valence-electron chi connectivity index (χ3n) is 4.13. The Morgan fingerprint density at radius 2 is 1.83 bits per heavy atom. The molecule has 18 heavy (non-hydrogen) atoms. The van der Waals surface area contributed by atoms with Crippen molar-refractivity contribution in [3.8, 4) is 0 Å². The molecule has 0 heterocycles. The zero-order valence-corrected chi connectivity index (χ0v) is 11.9. The number of nitrogens with zero attached hydrogens (tertiary/aromatic N) is 1. The molecule has 104 valence electrons. The number of rotatable bonds is 4. The highest BCUT2D eigenvalue weighted by Gasteiger charge is 2.34. The van der Waals surface area contributed by atoms with Gasteiger partial charge in [-0.25, -0.2) is 0 Å². The molecule has 0 aromatic heterocycles. The van der Waals surface area contributed by atoms with Crippen LogP contribution in [0.4, 0.5) is 0 Å². The van der Waals surface area contributed by atoms with E-state index in [2.05, 4.69) is 6.92 Å². The lowest BCUT2D eigenvalue weighted by Gasteiger charge is -2.37. The van der Waals surface area contributed by atoms with E-state index in [1.165, 1.54) is 6.42 Å². The van der Waals surface area contributed by atoms with E-state index in [1.54, 1.807) is 18.7 Å². The molecule has 0 spiro atoms. The number of aliphatic carboxylic acids is 1. The van der Waals surface area contributed by atoms with Gasteiger partial charge in [0.15, 0.2) is 0 Å². The van der Waals surface area contributed by atoms with E-state index in [9.17, 15) is 9.59 Å². The molecule has 0 aromatic carbocycles. The fourth-order valence-electron chi connectivity index (χ4n) is 2.64. The van der Waals surface area contributed by atoms with E-state index in [-0.39, 0.29) is 18.4 Å². The van der Waals surface area contributed by atoms with E-state index in [0.29, 0.717) is 5.92 Å². The standard InChI is InChI=1S/C14H25NO3/c1-10-7-5-6-8-11(10)15(4)12(16)9-14(2,3)13(17)18/h10-11H,5-9H2,1-4H3,(H,17,18). The van der Waals surface area contributed by atoms with Crippen LogP contribution in [-0.2, 0) is 9.59 Å². The molecule has 4 nitrogen and oxygen atoms in total. The van der Waals surface area contributed by atoms with Crippen molar-refractivity contribution in [2.75, 3.05) is 7.05 Å². The summed E-state index contributed by atoms with van der Waals surface area (Å²) < 4.78 is 0. The summed E-state index contributed by atoms with van der Waals surface area (Å²) in [6.07, 6.45) is 4.67. The summed E-state index contributed by atoms with van der Waals surface area (Å²) in [6.45, 7) is 5.38. The molecule has 0 radical (unpaired) electrons. The maximum atomic E-state index is 12.2. The molecule has 1 aliphatic carbocycles. The van der Waals surface area contributed by atoms with Gasteiger partial charge in [-0.3, -0.25) is 9.59 Å². The summed E-state index contributed by atoms with van der Waals surface area (Å²) in [5.41, 5.74) is -0.983. The van der Waals surface area contributed by atoms with E-state index in [0.717, 1.165) is 19.3 Å². The zero-order chi connectivity index (χ0) is 13.9. The molecular weight excluding hydrogens is 230 g/mol. The summed E-state index contributed by atoms with van der Waals surface area (Å²) in [5, 5.41) is 9.06.